The number of aryl methyl sites for hydroxylation is 2. The molecule has 1 heterocycles. The van der Waals surface area contributed by atoms with Crippen molar-refractivity contribution < 1.29 is 18.0 Å². The Labute approximate surface area is 202 Å². The van der Waals surface area contributed by atoms with Crippen LogP contribution in [0.2, 0.25) is 0 Å². The Morgan fingerprint density at radius 2 is 1.65 bits per heavy atom. The summed E-state index contributed by atoms with van der Waals surface area (Å²) in [5.74, 6) is -0.664. The second-order valence-electron chi connectivity index (χ2n) is 9.46. The number of rotatable bonds is 8. The lowest BCUT2D eigenvalue weighted by atomic mass is 9.96. The monoisotopic (exact) mass is 483 g/mol. The third kappa shape index (κ3) is 5.85. The number of hydrogen-bond donors (Lipinski definition) is 2. The van der Waals surface area contributed by atoms with Crippen LogP contribution in [0.4, 0.5) is 0 Å². The Bertz CT molecular complexity index is 1140. The summed E-state index contributed by atoms with van der Waals surface area (Å²) in [5, 5.41) is 5.94. The summed E-state index contributed by atoms with van der Waals surface area (Å²) in [4.78, 5) is 26.1. The highest BCUT2D eigenvalue weighted by Crippen LogP contribution is 2.25. The Morgan fingerprint density at radius 1 is 0.971 bits per heavy atom. The van der Waals surface area contributed by atoms with E-state index < -0.39 is 16.1 Å². The molecule has 2 aromatic rings. The van der Waals surface area contributed by atoms with Crippen LogP contribution < -0.4 is 10.6 Å². The van der Waals surface area contributed by atoms with Crippen LogP contribution in [0.25, 0.3) is 0 Å². The molecule has 2 aromatic carbocycles. The molecule has 2 N–H and O–H groups in total. The van der Waals surface area contributed by atoms with Crippen molar-refractivity contribution in [3.05, 3.63) is 65.2 Å². The maximum atomic E-state index is 13.1. The topological polar surface area (TPSA) is 95.6 Å². The van der Waals surface area contributed by atoms with Gasteiger partial charge in [-0.1, -0.05) is 36.4 Å². The molecule has 1 aliphatic heterocycles. The van der Waals surface area contributed by atoms with E-state index in [1.165, 1.54) is 4.31 Å². The number of piperidine rings is 1. The summed E-state index contributed by atoms with van der Waals surface area (Å²) < 4.78 is 27.6. The van der Waals surface area contributed by atoms with Gasteiger partial charge >= 0.3 is 0 Å². The Balaban J connectivity index is 1.38. The van der Waals surface area contributed by atoms with Crippen molar-refractivity contribution in [2.75, 3.05) is 13.1 Å². The minimum atomic E-state index is -3.60. The quantitative estimate of drug-likeness (QED) is 0.604. The van der Waals surface area contributed by atoms with E-state index in [4.69, 9.17) is 0 Å². The summed E-state index contributed by atoms with van der Waals surface area (Å²) >= 11 is 0. The molecule has 1 saturated carbocycles. The normalized spacial score (nSPS) is 18.3. The first-order valence-corrected chi connectivity index (χ1v) is 13.4. The van der Waals surface area contributed by atoms with Gasteiger partial charge in [0.05, 0.1) is 4.90 Å². The minimum absolute atomic E-state index is 0.158. The van der Waals surface area contributed by atoms with Gasteiger partial charge in [-0.05, 0) is 68.4 Å². The fraction of sp³-hybridized carbons (Fsp3) is 0.462. The molecular weight excluding hydrogens is 450 g/mol. The summed E-state index contributed by atoms with van der Waals surface area (Å²) in [5.41, 5.74) is 2.96. The first-order chi connectivity index (χ1) is 16.2. The van der Waals surface area contributed by atoms with Crippen LogP contribution in [0.1, 0.15) is 42.4 Å². The number of carbonyl (C=O) groups is 2. The van der Waals surface area contributed by atoms with Gasteiger partial charge in [0.25, 0.3) is 0 Å². The van der Waals surface area contributed by atoms with Gasteiger partial charge in [0, 0.05) is 31.5 Å². The van der Waals surface area contributed by atoms with Crippen LogP contribution in [-0.4, -0.2) is 49.7 Å². The Kier molecular flexibility index (Phi) is 7.38. The molecule has 7 nitrogen and oxygen atoms in total. The summed E-state index contributed by atoms with van der Waals surface area (Å²) in [6.45, 7) is 4.41. The fourth-order valence-corrected chi connectivity index (χ4v) is 5.82. The summed E-state index contributed by atoms with van der Waals surface area (Å²) in [6, 6.07) is 14.4. The lowest BCUT2D eigenvalue weighted by Crippen LogP contribution is -2.51. The van der Waals surface area contributed by atoms with Crippen molar-refractivity contribution in [1.82, 2.24) is 14.9 Å². The molecule has 0 spiro atoms. The van der Waals surface area contributed by atoms with E-state index >= 15 is 0 Å². The van der Waals surface area contributed by atoms with E-state index in [1.807, 2.05) is 50.2 Å². The van der Waals surface area contributed by atoms with E-state index in [1.54, 1.807) is 12.1 Å². The molecule has 34 heavy (non-hydrogen) atoms. The number of nitrogens with zero attached hydrogens (tertiary/aromatic N) is 1. The van der Waals surface area contributed by atoms with Crippen LogP contribution in [0.5, 0.6) is 0 Å². The van der Waals surface area contributed by atoms with Crippen molar-refractivity contribution >= 4 is 21.8 Å². The van der Waals surface area contributed by atoms with Gasteiger partial charge in [0.1, 0.15) is 6.04 Å². The number of amides is 2. The van der Waals surface area contributed by atoms with E-state index in [0.29, 0.717) is 19.3 Å². The fourth-order valence-electron chi connectivity index (χ4n) is 4.26. The molecule has 2 amide bonds. The molecule has 8 heteroatoms. The van der Waals surface area contributed by atoms with Crippen molar-refractivity contribution in [1.29, 1.82) is 0 Å². The first kappa shape index (κ1) is 24.4. The predicted octanol–water partition coefficient (Wildman–Crippen LogP) is 2.71. The highest BCUT2D eigenvalue weighted by Gasteiger charge is 2.34. The standard InChI is InChI=1S/C26H33N3O4S/c1-18-8-11-23(16-19(18)2)34(32,33)29-14-12-21(13-15-29)25(30)28-24(26(31)27-22-9-10-22)17-20-6-4-3-5-7-20/h3-8,11,16,21-22,24H,9-10,12-15,17H2,1-2H3,(H,27,31)(H,28,30). The molecule has 182 valence electrons. The average molecular weight is 484 g/mol. The molecule has 1 atom stereocenters. The first-order valence-electron chi connectivity index (χ1n) is 12.0. The molecule has 2 aliphatic rings. The summed E-state index contributed by atoms with van der Waals surface area (Å²) in [7, 11) is -3.60. The number of sulfonamides is 1. The zero-order chi connectivity index (χ0) is 24.3. The number of nitrogens with one attached hydrogen (secondary N) is 2. The van der Waals surface area contributed by atoms with E-state index in [2.05, 4.69) is 10.6 Å². The van der Waals surface area contributed by atoms with E-state index in [-0.39, 0.29) is 41.8 Å². The maximum Gasteiger partial charge on any atom is 0.243 e. The smallest absolute Gasteiger partial charge is 0.243 e. The SMILES string of the molecule is Cc1ccc(S(=O)(=O)N2CCC(C(=O)NC(Cc3ccccc3)C(=O)NC3CC3)CC2)cc1C. The zero-order valence-electron chi connectivity index (χ0n) is 19.8. The van der Waals surface area contributed by atoms with Crippen LogP contribution in [0, 0.1) is 19.8 Å². The van der Waals surface area contributed by atoms with Crippen molar-refractivity contribution in [2.45, 2.75) is 62.9 Å². The molecule has 0 bridgehead atoms. The molecule has 4 rings (SSSR count). The maximum absolute atomic E-state index is 13.1. The average Bonchev–Trinajstić information content (AvgIpc) is 3.65. The van der Waals surface area contributed by atoms with E-state index in [0.717, 1.165) is 29.5 Å². The van der Waals surface area contributed by atoms with Crippen LogP contribution in [-0.2, 0) is 26.0 Å². The van der Waals surface area contributed by atoms with Crippen molar-refractivity contribution in [2.24, 2.45) is 5.92 Å². The van der Waals surface area contributed by atoms with Crippen LogP contribution in [0.3, 0.4) is 0 Å². The van der Waals surface area contributed by atoms with Gasteiger partial charge in [0.2, 0.25) is 21.8 Å². The van der Waals surface area contributed by atoms with Gasteiger partial charge in [-0.3, -0.25) is 9.59 Å². The third-order valence-electron chi connectivity index (χ3n) is 6.78. The van der Waals surface area contributed by atoms with Crippen molar-refractivity contribution in [3.63, 3.8) is 0 Å². The number of carbonyl (C=O) groups excluding carboxylic acids is 2. The van der Waals surface area contributed by atoms with Gasteiger partial charge in [-0.2, -0.15) is 4.31 Å². The minimum Gasteiger partial charge on any atom is -0.352 e. The van der Waals surface area contributed by atoms with Gasteiger partial charge < -0.3 is 10.6 Å². The lowest BCUT2D eigenvalue weighted by Gasteiger charge is -2.31. The molecular formula is C26H33N3O4S. The van der Waals surface area contributed by atoms with Crippen LogP contribution in [0.15, 0.2) is 53.4 Å². The zero-order valence-corrected chi connectivity index (χ0v) is 20.6. The van der Waals surface area contributed by atoms with Gasteiger partial charge in [-0.15, -0.1) is 0 Å². The molecule has 1 aliphatic carbocycles. The second kappa shape index (κ2) is 10.3. The molecule has 1 saturated heterocycles. The highest BCUT2D eigenvalue weighted by atomic mass is 32.2. The van der Waals surface area contributed by atoms with E-state index in [9.17, 15) is 18.0 Å². The van der Waals surface area contributed by atoms with Gasteiger partial charge in [-0.25, -0.2) is 8.42 Å². The van der Waals surface area contributed by atoms with Crippen molar-refractivity contribution in [3.8, 4) is 0 Å². The molecule has 0 aromatic heterocycles. The number of hydrogen-bond acceptors (Lipinski definition) is 4. The Morgan fingerprint density at radius 3 is 2.26 bits per heavy atom. The predicted molar refractivity (Wildman–Crippen MR) is 131 cm³/mol. The molecule has 1 unspecified atom stereocenters. The van der Waals surface area contributed by atoms with Crippen LogP contribution >= 0.6 is 0 Å². The second-order valence-corrected chi connectivity index (χ2v) is 11.4. The Hall–Kier alpha value is -2.71. The largest absolute Gasteiger partial charge is 0.352 e. The third-order valence-corrected chi connectivity index (χ3v) is 8.67. The highest BCUT2D eigenvalue weighted by molar-refractivity contribution is 7.89. The van der Waals surface area contributed by atoms with Gasteiger partial charge in [0.15, 0.2) is 0 Å². The molecule has 0 radical (unpaired) electrons. The lowest BCUT2D eigenvalue weighted by molar-refractivity contribution is -0.131. The summed E-state index contributed by atoms with van der Waals surface area (Å²) in [6.07, 6.45) is 3.23. The molecule has 2 fully saturated rings. The number of benzene rings is 2.